The lowest BCUT2D eigenvalue weighted by atomic mass is 9.88. The Morgan fingerprint density at radius 2 is 1.59 bits per heavy atom. The van der Waals surface area contributed by atoms with Gasteiger partial charge >= 0.3 is 0 Å². The molecule has 9 heteroatoms. The number of carbonyl (C=O) groups is 2. The zero-order valence-corrected chi connectivity index (χ0v) is 21.1. The van der Waals surface area contributed by atoms with Crippen LogP contribution in [0.2, 0.25) is 0 Å². The SMILES string of the molecule is Cn1cc(-c2cc(Oc3ccc(CC(=O)C4(C(=O)Cc5ccc(F)cc5)CC4)cc3F)c3ccnn3c2)cn1. The van der Waals surface area contributed by atoms with E-state index in [1.54, 1.807) is 51.9 Å². The summed E-state index contributed by atoms with van der Waals surface area (Å²) in [5.74, 6) is -0.988. The first-order valence-electron chi connectivity index (χ1n) is 12.5. The van der Waals surface area contributed by atoms with Crippen molar-refractivity contribution in [2.24, 2.45) is 12.5 Å². The minimum Gasteiger partial charge on any atom is -0.452 e. The molecule has 1 aliphatic rings. The van der Waals surface area contributed by atoms with E-state index in [0.717, 1.165) is 11.1 Å². The fraction of sp³-hybridized carbons (Fsp3) is 0.200. The Morgan fingerprint density at radius 3 is 2.26 bits per heavy atom. The zero-order valence-electron chi connectivity index (χ0n) is 21.1. The number of hydrogen-bond acceptors (Lipinski definition) is 5. The Bertz CT molecular complexity index is 1720. The second-order valence-electron chi connectivity index (χ2n) is 9.93. The van der Waals surface area contributed by atoms with Gasteiger partial charge in [0.15, 0.2) is 28.9 Å². The minimum atomic E-state index is -1.04. The smallest absolute Gasteiger partial charge is 0.166 e. The average molecular weight is 527 g/mol. The minimum absolute atomic E-state index is 0.00570. The number of aromatic nitrogens is 4. The van der Waals surface area contributed by atoms with Crippen molar-refractivity contribution in [1.29, 1.82) is 0 Å². The van der Waals surface area contributed by atoms with Gasteiger partial charge in [-0.05, 0) is 60.4 Å². The number of pyridine rings is 1. The van der Waals surface area contributed by atoms with E-state index in [0.29, 0.717) is 35.2 Å². The van der Waals surface area contributed by atoms with Crippen LogP contribution in [0.25, 0.3) is 16.6 Å². The number of carbonyl (C=O) groups excluding carboxylic acids is 2. The molecule has 0 aliphatic heterocycles. The molecule has 0 N–H and O–H groups in total. The lowest BCUT2D eigenvalue weighted by Crippen LogP contribution is -2.28. The predicted molar refractivity (Wildman–Crippen MR) is 139 cm³/mol. The number of Topliss-reactive ketones (excluding diaryl/α,β-unsaturated/α-hetero) is 2. The van der Waals surface area contributed by atoms with Gasteiger partial charge in [0, 0.05) is 43.4 Å². The monoisotopic (exact) mass is 526 g/mol. The molecule has 0 spiro atoms. The zero-order chi connectivity index (χ0) is 27.1. The third-order valence-electron chi connectivity index (χ3n) is 7.19. The Hall–Kier alpha value is -4.66. The molecule has 0 radical (unpaired) electrons. The van der Waals surface area contributed by atoms with E-state index in [9.17, 15) is 14.0 Å². The van der Waals surface area contributed by atoms with Crippen molar-refractivity contribution in [3.8, 4) is 22.6 Å². The Balaban J connectivity index is 1.19. The molecule has 0 atom stereocenters. The standard InChI is InChI=1S/C30H24F2N4O3/c1-35-17-22(16-34-35)21-15-27(25-8-11-33-36(25)18-21)39-26-7-4-20(12-24(26)32)14-29(38)30(9-10-30)28(37)13-19-2-5-23(31)6-3-19/h2-8,11-12,15-18H,9-10,13-14H2,1H3. The normalized spacial score (nSPS) is 13.9. The fourth-order valence-electron chi connectivity index (χ4n) is 4.81. The fourth-order valence-corrected chi connectivity index (χ4v) is 4.81. The highest BCUT2D eigenvalue weighted by atomic mass is 19.1. The average Bonchev–Trinajstić information content (AvgIpc) is 3.40. The highest BCUT2D eigenvalue weighted by Gasteiger charge is 2.54. The van der Waals surface area contributed by atoms with Gasteiger partial charge in [0.05, 0.1) is 17.8 Å². The molecular formula is C30H24F2N4O3. The van der Waals surface area contributed by atoms with Gasteiger partial charge in [-0.1, -0.05) is 18.2 Å². The summed E-state index contributed by atoms with van der Waals surface area (Å²) in [6.07, 6.45) is 8.01. The molecule has 1 saturated carbocycles. The van der Waals surface area contributed by atoms with Gasteiger partial charge in [-0.15, -0.1) is 0 Å². The van der Waals surface area contributed by atoms with Gasteiger partial charge < -0.3 is 4.74 Å². The van der Waals surface area contributed by atoms with E-state index in [1.807, 2.05) is 19.4 Å². The molecule has 39 heavy (non-hydrogen) atoms. The number of fused-ring (bicyclic) bond motifs is 1. The van der Waals surface area contributed by atoms with Crippen molar-refractivity contribution in [1.82, 2.24) is 19.4 Å². The number of aryl methyl sites for hydroxylation is 1. The molecule has 3 aromatic heterocycles. The van der Waals surface area contributed by atoms with Crippen LogP contribution in [0.1, 0.15) is 24.0 Å². The summed E-state index contributed by atoms with van der Waals surface area (Å²) in [7, 11) is 1.82. The summed E-state index contributed by atoms with van der Waals surface area (Å²) < 4.78 is 37.7. The Morgan fingerprint density at radius 1 is 0.872 bits per heavy atom. The van der Waals surface area contributed by atoms with Crippen molar-refractivity contribution >= 4 is 17.1 Å². The first-order chi connectivity index (χ1) is 18.8. The molecule has 1 aliphatic carbocycles. The first kappa shape index (κ1) is 24.7. The van der Waals surface area contributed by atoms with Gasteiger partial charge in [-0.25, -0.2) is 13.3 Å². The van der Waals surface area contributed by atoms with E-state index < -0.39 is 11.2 Å². The van der Waals surface area contributed by atoms with Gasteiger partial charge in [0.25, 0.3) is 0 Å². The highest BCUT2D eigenvalue weighted by Crippen LogP contribution is 2.49. The van der Waals surface area contributed by atoms with Crippen molar-refractivity contribution in [3.05, 3.63) is 102 Å². The maximum absolute atomic E-state index is 15.2. The van der Waals surface area contributed by atoms with Crippen LogP contribution in [-0.2, 0) is 29.5 Å². The van der Waals surface area contributed by atoms with Crippen LogP contribution >= 0.6 is 0 Å². The summed E-state index contributed by atoms with van der Waals surface area (Å²) in [5.41, 5.74) is 2.41. The van der Waals surface area contributed by atoms with Crippen LogP contribution in [0, 0.1) is 17.0 Å². The van der Waals surface area contributed by atoms with E-state index in [2.05, 4.69) is 10.2 Å². The number of nitrogens with zero attached hydrogens (tertiary/aromatic N) is 4. The third kappa shape index (κ3) is 4.83. The molecule has 196 valence electrons. The van der Waals surface area contributed by atoms with Crippen LogP contribution in [0.15, 0.2) is 79.4 Å². The van der Waals surface area contributed by atoms with Crippen molar-refractivity contribution < 1.29 is 23.1 Å². The molecule has 5 aromatic rings. The summed E-state index contributed by atoms with van der Waals surface area (Å²) in [5, 5.41) is 8.49. The number of benzene rings is 2. The van der Waals surface area contributed by atoms with Crippen LogP contribution < -0.4 is 4.74 Å². The molecular weight excluding hydrogens is 502 g/mol. The van der Waals surface area contributed by atoms with Gasteiger partial charge in [0.2, 0.25) is 0 Å². The Kier molecular flexibility index (Phi) is 6.06. The second-order valence-corrected chi connectivity index (χ2v) is 9.93. The number of ether oxygens (including phenoxy) is 1. The van der Waals surface area contributed by atoms with E-state index in [4.69, 9.17) is 4.74 Å². The summed E-state index contributed by atoms with van der Waals surface area (Å²) in [4.78, 5) is 26.0. The molecule has 1 fully saturated rings. The number of ketones is 2. The number of rotatable bonds is 9. The second kappa shape index (κ2) is 9.58. The highest BCUT2D eigenvalue weighted by molar-refractivity contribution is 6.10. The summed E-state index contributed by atoms with van der Waals surface area (Å²) in [6.45, 7) is 0. The molecule has 2 aromatic carbocycles. The topological polar surface area (TPSA) is 78.5 Å². The first-order valence-corrected chi connectivity index (χ1v) is 12.5. The van der Waals surface area contributed by atoms with Crippen LogP contribution in [0.5, 0.6) is 11.5 Å². The van der Waals surface area contributed by atoms with Gasteiger partial charge in [-0.3, -0.25) is 14.3 Å². The summed E-state index contributed by atoms with van der Waals surface area (Å²) >= 11 is 0. The van der Waals surface area contributed by atoms with Crippen LogP contribution in [0.4, 0.5) is 8.78 Å². The maximum Gasteiger partial charge on any atom is 0.166 e. The largest absolute Gasteiger partial charge is 0.452 e. The number of hydrogen-bond donors (Lipinski definition) is 0. The lowest BCUT2D eigenvalue weighted by Gasteiger charge is -2.14. The molecule has 7 nitrogen and oxygen atoms in total. The van der Waals surface area contributed by atoms with Crippen LogP contribution in [0.3, 0.4) is 0 Å². The lowest BCUT2D eigenvalue weighted by molar-refractivity contribution is -0.133. The van der Waals surface area contributed by atoms with Crippen molar-refractivity contribution in [3.63, 3.8) is 0 Å². The Labute approximate surface area is 222 Å². The van der Waals surface area contributed by atoms with E-state index in [-0.39, 0.29) is 36.0 Å². The van der Waals surface area contributed by atoms with Gasteiger partial charge in [0.1, 0.15) is 11.3 Å². The molecule has 0 bridgehead atoms. The van der Waals surface area contributed by atoms with Crippen LogP contribution in [-0.4, -0.2) is 31.0 Å². The summed E-state index contributed by atoms with van der Waals surface area (Å²) in [6, 6.07) is 13.6. The van der Waals surface area contributed by atoms with Gasteiger partial charge in [-0.2, -0.15) is 10.2 Å². The molecule has 0 unspecified atom stereocenters. The van der Waals surface area contributed by atoms with Crippen molar-refractivity contribution in [2.75, 3.05) is 0 Å². The molecule has 3 heterocycles. The quantitative estimate of drug-likeness (QED) is 0.237. The maximum atomic E-state index is 15.2. The van der Waals surface area contributed by atoms with E-state index >= 15 is 4.39 Å². The van der Waals surface area contributed by atoms with Crippen molar-refractivity contribution in [2.45, 2.75) is 25.7 Å². The predicted octanol–water partition coefficient (Wildman–Crippen LogP) is 5.51. The van der Waals surface area contributed by atoms with E-state index in [1.165, 1.54) is 24.3 Å². The molecule has 0 amide bonds. The number of halogens is 2. The third-order valence-corrected chi connectivity index (χ3v) is 7.19. The molecule has 6 rings (SSSR count). The molecule has 0 saturated heterocycles.